The van der Waals surface area contributed by atoms with Gasteiger partial charge in [-0.2, -0.15) is 5.26 Å². The molecule has 2 rings (SSSR count). The summed E-state index contributed by atoms with van der Waals surface area (Å²) < 4.78 is 6.08. The fourth-order valence-electron chi connectivity index (χ4n) is 2.11. The molecule has 0 spiro atoms. The summed E-state index contributed by atoms with van der Waals surface area (Å²) >= 11 is 4.17. The molecule has 2 aromatic rings. The molecule has 1 atom stereocenters. The van der Waals surface area contributed by atoms with Crippen molar-refractivity contribution in [2.45, 2.75) is 36.7 Å². The zero-order chi connectivity index (χ0) is 18.4. The smallest absolute Gasteiger partial charge is 0.348 e. The van der Waals surface area contributed by atoms with E-state index >= 15 is 0 Å². The second-order valence-electron chi connectivity index (χ2n) is 5.03. The number of nitrogens with one attached hydrogen (secondary N) is 1. The van der Waals surface area contributed by atoms with Crippen molar-refractivity contribution in [3.05, 3.63) is 33.5 Å². The van der Waals surface area contributed by atoms with Gasteiger partial charge in [0.25, 0.3) is 0 Å². The molecule has 0 aliphatic heterocycles. The third-order valence-corrected chi connectivity index (χ3v) is 7.00. The second-order valence-corrected chi connectivity index (χ2v) is 8.50. The minimum Gasteiger partial charge on any atom is -0.462 e. The average molecular weight is 395 g/mol. The van der Waals surface area contributed by atoms with Gasteiger partial charge in [-0.25, -0.2) is 4.79 Å². The molecule has 0 radical (unpaired) electrons. The minimum absolute atomic E-state index is 0.172. The largest absolute Gasteiger partial charge is 0.462 e. The molecule has 0 aliphatic rings. The van der Waals surface area contributed by atoms with Crippen molar-refractivity contribution in [2.75, 3.05) is 11.9 Å². The molecule has 1 unspecified atom stereocenters. The zero-order valence-corrected chi connectivity index (χ0v) is 16.6. The Hall–Kier alpha value is -1.82. The number of carbonyl (C=O) groups excluding carboxylic acids is 2. The van der Waals surface area contributed by atoms with Crippen LogP contribution in [0.1, 0.15) is 41.1 Å². The van der Waals surface area contributed by atoms with Crippen molar-refractivity contribution in [3.63, 3.8) is 0 Å². The molecule has 0 fully saturated rings. The number of hydrogen-bond acceptors (Lipinski definition) is 7. The molecule has 2 aromatic heterocycles. The van der Waals surface area contributed by atoms with E-state index in [2.05, 4.69) is 11.4 Å². The fraction of sp³-hybridized carbons (Fsp3) is 0.353. The highest BCUT2D eigenvalue weighted by atomic mass is 32.2. The van der Waals surface area contributed by atoms with E-state index in [9.17, 15) is 14.9 Å². The Labute approximate surface area is 159 Å². The average Bonchev–Trinajstić information content (AvgIpc) is 3.20. The number of carbonyl (C=O) groups is 2. The first kappa shape index (κ1) is 19.5. The first-order chi connectivity index (χ1) is 12.0. The van der Waals surface area contributed by atoms with Crippen LogP contribution >= 0.6 is 34.4 Å². The van der Waals surface area contributed by atoms with Crippen LogP contribution in [0.5, 0.6) is 0 Å². The number of esters is 1. The SMILES string of the molecule is CCOC(=O)c1sc(NC(=O)C(CC)Sc2cccs2)c(C#N)c1C. The Kier molecular flexibility index (Phi) is 7.05. The molecular weight excluding hydrogens is 376 g/mol. The molecule has 2 heterocycles. The second kappa shape index (κ2) is 9.04. The highest BCUT2D eigenvalue weighted by Gasteiger charge is 2.25. The topological polar surface area (TPSA) is 79.2 Å². The van der Waals surface area contributed by atoms with Gasteiger partial charge in [0.15, 0.2) is 0 Å². The Morgan fingerprint density at radius 2 is 2.20 bits per heavy atom. The quantitative estimate of drug-likeness (QED) is 0.545. The molecule has 25 heavy (non-hydrogen) atoms. The molecule has 0 saturated heterocycles. The van der Waals surface area contributed by atoms with Crippen molar-refractivity contribution in [3.8, 4) is 6.07 Å². The van der Waals surface area contributed by atoms with Crippen LogP contribution < -0.4 is 5.32 Å². The molecule has 1 amide bonds. The third kappa shape index (κ3) is 4.63. The first-order valence-electron chi connectivity index (χ1n) is 7.73. The number of anilines is 1. The van der Waals surface area contributed by atoms with Crippen LogP contribution in [-0.2, 0) is 9.53 Å². The molecule has 0 saturated carbocycles. The van der Waals surface area contributed by atoms with Crippen LogP contribution in [0.15, 0.2) is 21.7 Å². The summed E-state index contributed by atoms with van der Waals surface area (Å²) in [4.78, 5) is 25.0. The lowest BCUT2D eigenvalue weighted by Crippen LogP contribution is -2.24. The van der Waals surface area contributed by atoms with Gasteiger partial charge in [-0.15, -0.1) is 34.4 Å². The van der Waals surface area contributed by atoms with E-state index < -0.39 is 5.97 Å². The number of hydrogen-bond donors (Lipinski definition) is 1. The Balaban J connectivity index is 2.20. The standard InChI is InChI=1S/C17H18N2O3S3/c1-4-12(24-13-7-6-8-23-13)15(20)19-16-11(9-18)10(3)14(25-16)17(21)22-5-2/h6-8,12H,4-5H2,1-3H3,(H,19,20). The summed E-state index contributed by atoms with van der Waals surface area (Å²) in [5.74, 6) is -0.643. The van der Waals surface area contributed by atoms with Crippen molar-refractivity contribution < 1.29 is 14.3 Å². The third-order valence-electron chi connectivity index (χ3n) is 3.37. The molecule has 8 heteroatoms. The van der Waals surface area contributed by atoms with E-state index in [1.807, 2.05) is 24.4 Å². The number of rotatable bonds is 7. The van der Waals surface area contributed by atoms with Gasteiger partial charge < -0.3 is 10.1 Å². The van der Waals surface area contributed by atoms with Gasteiger partial charge in [0.05, 0.1) is 21.6 Å². The van der Waals surface area contributed by atoms with E-state index in [0.717, 1.165) is 15.5 Å². The predicted octanol–water partition coefficient (Wildman–Crippen LogP) is 4.68. The summed E-state index contributed by atoms with van der Waals surface area (Å²) in [6, 6.07) is 5.99. The maximum absolute atomic E-state index is 12.6. The normalized spacial score (nSPS) is 11.6. The Morgan fingerprint density at radius 3 is 2.76 bits per heavy atom. The van der Waals surface area contributed by atoms with Gasteiger partial charge >= 0.3 is 5.97 Å². The summed E-state index contributed by atoms with van der Waals surface area (Å²) in [5.41, 5.74) is 0.859. The summed E-state index contributed by atoms with van der Waals surface area (Å²) in [6.07, 6.45) is 0.658. The van der Waals surface area contributed by atoms with Gasteiger partial charge in [0.1, 0.15) is 15.9 Å². The molecule has 5 nitrogen and oxygen atoms in total. The van der Waals surface area contributed by atoms with Crippen LogP contribution in [0.2, 0.25) is 0 Å². The molecule has 0 bridgehead atoms. The van der Waals surface area contributed by atoms with E-state index in [-0.39, 0.29) is 17.8 Å². The summed E-state index contributed by atoms with van der Waals surface area (Å²) in [5, 5.41) is 14.3. The van der Waals surface area contributed by atoms with E-state index in [1.165, 1.54) is 11.8 Å². The molecule has 0 aliphatic carbocycles. The van der Waals surface area contributed by atoms with Gasteiger partial charge in [-0.3, -0.25) is 4.79 Å². The van der Waals surface area contributed by atoms with Crippen molar-refractivity contribution >= 4 is 51.3 Å². The lowest BCUT2D eigenvalue weighted by molar-refractivity contribution is -0.115. The molecular formula is C17H18N2O3S3. The predicted molar refractivity (Wildman–Crippen MR) is 103 cm³/mol. The van der Waals surface area contributed by atoms with E-state index in [4.69, 9.17) is 4.74 Å². The minimum atomic E-state index is -0.470. The van der Waals surface area contributed by atoms with Crippen LogP contribution in [-0.4, -0.2) is 23.7 Å². The van der Waals surface area contributed by atoms with Gasteiger partial charge in [-0.05, 0) is 37.3 Å². The lowest BCUT2D eigenvalue weighted by atomic mass is 10.1. The number of nitrogens with zero attached hydrogens (tertiary/aromatic N) is 1. The van der Waals surface area contributed by atoms with Crippen molar-refractivity contribution in [1.82, 2.24) is 0 Å². The van der Waals surface area contributed by atoms with Crippen LogP contribution in [0, 0.1) is 18.3 Å². The van der Waals surface area contributed by atoms with Crippen molar-refractivity contribution in [2.24, 2.45) is 0 Å². The number of nitriles is 1. The zero-order valence-electron chi connectivity index (χ0n) is 14.1. The highest BCUT2D eigenvalue weighted by molar-refractivity contribution is 8.02. The number of amides is 1. The number of thiophene rings is 2. The lowest BCUT2D eigenvalue weighted by Gasteiger charge is -2.13. The maximum Gasteiger partial charge on any atom is 0.348 e. The number of thioether (sulfide) groups is 1. The monoisotopic (exact) mass is 394 g/mol. The van der Waals surface area contributed by atoms with E-state index in [1.54, 1.807) is 25.2 Å². The van der Waals surface area contributed by atoms with E-state index in [0.29, 0.717) is 27.4 Å². The van der Waals surface area contributed by atoms with Crippen LogP contribution in [0.4, 0.5) is 5.00 Å². The van der Waals surface area contributed by atoms with Gasteiger partial charge in [-0.1, -0.05) is 13.0 Å². The van der Waals surface area contributed by atoms with Gasteiger partial charge in [0, 0.05) is 0 Å². The van der Waals surface area contributed by atoms with Gasteiger partial charge in [0.2, 0.25) is 5.91 Å². The Morgan fingerprint density at radius 1 is 1.44 bits per heavy atom. The van der Waals surface area contributed by atoms with Crippen molar-refractivity contribution in [1.29, 1.82) is 5.26 Å². The fourth-order valence-corrected chi connectivity index (χ4v) is 5.12. The highest BCUT2D eigenvalue weighted by Crippen LogP contribution is 2.35. The summed E-state index contributed by atoms with van der Waals surface area (Å²) in [7, 11) is 0. The summed E-state index contributed by atoms with van der Waals surface area (Å²) in [6.45, 7) is 5.62. The van der Waals surface area contributed by atoms with Crippen LogP contribution in [0.3, 0.4) is 0 Å². The molecule has 1 N–H and O–H groups in total. The van der Waals surface area contributed by atoms with Crippen LogP contribution in [0.25, 0.3) is 0 Å². The molecule has 132 valence electrons. The number of ether oxygens (including phenoxy) is 1. The maximum atomic E-state index is 12.6. The molecule has 0 aromatic carbocycles. The Bertz CT molecular complexity index is 791. The first-order valence-corrected chi connectivity index (χ1v) is 10.3.